The molecule has 146 valence electrons. The minimum Gasteiger partial charge on any atom is -0.493 e. The van der Waals surface area contributed by atoms with Crippen LogP contribution in [0.15, 0.2) is 18.2 Å². The molecule has 27 heavy (non-hydrogen) atoms. The summed E-state index contributed by atoms with van der Waals surface area (Å²) in [5.41, 5.74) is 1.33. The van der Waals surface area contributed by atoms with Gasteiger partial charge >= 0.3 is 6.03 Å². The highest BCUT2D eigenvalue weighted by Gasteiger charge is 2.14. The topological polar surface area (TPSA) is 97.8 Å². The minimum absolute atomic E-state index is 0.193. The van der Waals surface area contributed by atoms with E-state index in [1.165, 1.54) is 21.3 Å². The molecule has 9 heteroatoms. The molecular formula is C18H25N5O4. The molecule has 2 aromatic rings. The molecule has 1 aromatic carbocycles. The van der Waals surface area contributed by atoms with Crippen LogP contribution in [-0.4, -0.2) is 51.4 Å². The number of ether oxygens (including phenoxy) is 3. The molecule has 0 atom stereocenters. The van der Waals surface area contributed by atoms with Gasteiger partial charge in [0.25, 0.3) is 0 Å². The summed E-state index contributed by atoms with van der Waals surface area (Å²) in [6, 6.07) is 4.77. The zero-order valence-electron chi connectivity index (χ0n) is 16.4. The highest BCUT2D eigenvalue weighted by molar-refractivity contribution is 5.90. The molecule has 0 bridgehead atoms. The maximum Gasteiger partial charge on any atom is 0.319 e. The highest BCUT2D eigenvalue weighted by atomic mass is 16.5. The summed E-state index contributed by atoms with van der Waals surface area (Å²) < 4.78 is 15.8. The first kappa shape index (κ1) is 20.1. The van der Waals surface area contributed by atoms with E-state index < -0.39 is 6.03 Å². The number of hydrogen-bond donors (Lipinski definition) is 2. The van der Waals surface area contributed by atoms with Crippen molar-refractivity contribution in [1.29, 1.82) is 0 Å². The van der Waals surface area contributed by atoms with Crippen molar-refractivity contribution in [1.82, 2.24) is 15.3 Å². The fraction of sp³-hybridized carbons (Fsp3) is 0.389. The Morgan fingerprint density at radius 2 is 1.67 bits per heavy atom. The van der Waals surface area contributed by atoms with Crippen LogP contribution in [0.5, 0.6) is 17.2 Å². The molecule has 0 spiro atoms. The van der Waals surface area contributed by atoms with E-state index in [1.54, 1.807) is 12.1 Å². The van der Waals surface area contributed by atoms with E-state index in [0.29, 0.717) is 28.8 Å². The molecule has 0 aliphatic rings. The van der Waals surface area contributed by atoms with Crippen LogP contribution in [0.4, 0.5) is 16.3 Å². The van der Waals surface area contributed by atoms with Crippen molar-refractivity contribution in [2.75, 3.05) is 45.6 Å². The number of hydrogen-bond acceptors (Lipinski definition) is 7. The fourth-order valence-corrected chi connectivity index (χ4v) is 2.41. The number of methoxy groups -OCH3 is 3. The Bertz CT molecular complexity index is 785. The van der Waals surface area contributed by atoms with E-state index in [4.69, 9.17) is 14.2 Å². The van der Waals surface area contributed by atoms with Crippen molar-refractivity contribution in [3.05, 3.63) is 29.7 Å². The molecule has 2 amide bonds. The number of nitrogens with zero attached hydrogens (tertiary/aromatic N) is 3. The van der Waals surface area contributed by atoms with Crippen LogP contribution in [-0.2, 0) is 6.54 Å². The minimum atomic E-state index is -0.402. The van der Waals surface area contributed by atoms with Gasteiger partial charge in [0, 0.05) is 38.0 Å². The molecule has 0 saturated heterocycles. The van der Waals surface area contributed by atoms with Gasteiger partial charge in [0.1, 0.15) is 11.6 Å². The second kappa shape index (κ2) is 8.93. The van der Waals surface area contributed by atoms with Crippen LogP contribution in [0.1, 0.15) is 11.5 Å². The molecule has 0 aliphatic heterocycles. The molecule has 2 N–H and O–H groups in total. The number of anilines is 2. The molecule has 1 heterocycles. The Balaban J connectivity index is 2.08. The number of carbonyl (C=O) groups excluding carboxylic acids is 1. The summed E-state index contributed by atoms with van der Waals surface area (Å²) in [5.74, 6) is 2.66. The van der Waals surface area contributed by atoms with Gasteiger partial charge in [-0.2, -0.15) is 0 Å². The van der Waals surface area contributed by atoms with E-state index in [-0.39, 0.29) is 6.54 Å². The first-order valence-corrected chi connectivity index (χ1v) is 8.24. The summed E-state index contributed by atoms with van der Waals surface area (Å²) >= 11 is 0. The quantitative estimate of drug-likeness (QED) is 0.765. The van der Waals surface area contributed by atoms with Gasteiger partial charge in [-0.1, -0.05) is 0 Å². The third kappa shape index (κ3) is 5.13. The van der Waals surface area contributed by atoms with Crippen molar-refractivity contribution >= 4 is 17.5 Å². The predicted octanol–water partition coefficient (Wildman–Crippen LogP) is 2.20. The van der Waals surface area contributed by atoms with Gasteiger partial charge in [-0.15, -0.1) is 0 Å². The monoisotopic (exact) mass is 375 g/mol. The van der Waals surface area contributed by atoms with E-state index in [9.17, 15) is 4.79 Å². The maximum atomic E-state index is 12.2. The summed E-state index contributed by atoms with van der Waals surface area (Å²) in [4.78, 5) is 22.9. The zero-order chi connectivity index (χ0) is 20.0. The maximum absolute atomic E-state index is 12.2. The van der Waals surface area contributed by atoms with E-state index in [2.05, 4.69) is 20.6 Å². The molecule has 9 nitrogen and oxygen atoms in total. The number of amides is 2. The zero-order valence-corrected chi connectivity index (χ0v) is 16.4. The van der Waals surface area contributed by atoms with Crippen LogP contribution in [0, 0.1) is 6.92 Å². The van der Waals surface area contributed by atoms with Crippen molar-refractivity contribution in [3.8, 4) is 17.2 Å². The summed E-state index contributed by atoms with van der Waals surface area (Å²) in [6.07, 6.45) is 0. The SMILES string of the molecule is COc1cc(NC(=O)NCc2nc(C)cc(N(C)C)n2)cc(OC)c1OC. The first-order valence-electron chi connectivity index (χ1n) is 8.24. The Morgan fingerprint density at radius 3 is 2.19 bits per heavy atom. The predicted molar refractivity (Wildman–Crippen MR) is 103 cm³/mol. The van der Waals surface area contributed by atoms with Crippen LogP contribution in [0.25, 0.3) is 0 Å². The second-order valence-corrected chi connectivity index (χ2v) is 5.90. The van der Waals surface area contributed by atoms with Crippen molar-refractivity contribution in [2.45, 2.75) is 13.5 Å². The lowest BCUT2D eigenvalue weighted by Gasteiger charge is -2.15. The fourth-order valence-electron chi connectivity index (χ4n) is 2.41. The third-order valence-electron chi connectivity index (χ3n) is 3.67. The Labute approximate surface area is 158 Å². The Morgan fingerprint density at radius 1 is 1.04 bits per heavy atom. The number of benzene rings is 1. The lowest BCUT2D eigenvalue weighted by atomic mass is 10.2. The van der Waals surface area contributed by atoms with Crippen molar-refractivity contribution in [2.24, 2.45) is 0 Å². The molecule has 0 saturated carbocycles. The lowest BCUT2D eigenvalue weighted by molar-refractivity contribution is 0.251. The normalized spacial score (nSPS) is 10.1. The van der Waals surface area contributed by atoms with Crippen molar-refractivity contribution < 1.29 is 19.0 Å². The van der Waals surface area contributed by atoms with Gasteiger partial charge in [-0.25, -0.2) is 14.8 Å². The largest absolute Gasteiger partial charge is 0.493 e. The molecule has 0 radical (unpaired) electrons. The number of aryl methyl sites for hydroxylation is 1. The molecule has 2 rings (SSSR count). The van der Waals surface area contributed by atoms with Gasteiger partial charge in [0.2, 0.25) is 5.75 Å². The van der Waals surface area contributed by atoms with Gasteiger partial charge in [0.15, 0.2) is 11.5 Å². The standard InChI is InChI=1S/C18H25N5O4/c1-11-7-16(23(2)3)22-15(20-11)10-19-18(24)21-12-8-13(25-4)17(27-6)14(9-12)26-5/h7-9H,10H2,1-6H3,(H2,19,21,24). The number of carbonyl (C=O) groups is 1. The first-order chi connectivity index (χ1) is 12.9. The van der Waals surface area contributed by atoms with Crippen molar-refractivity contribution in [3.63, 3.8) is 0 Å². The molecule has 0 aliphatic carbocycles. The van der Waals surface area contributed by atoms with Gasteiger partial charge in [-0.3, -0.25) is 0 Å². The van der Waals surface area contributed by atoms with Crippen LogP contribution in [0.2, 0.25) is 0 Å². The van der Waals surface area contributed by atoms with E-state index in [0.717, 1.165) is 11.5 Å². The number of aromatic nitrogens is 2. The average molecular weight is 375 g/mol. The third-order valence-corrected chi connectivity index (χ3v) is 3.67. The van der Waals surface area contributed by atoms with E-state index in [1.807, 2.05) is 32.0 Å². The molecule has 1 aromatic heterocycles. The highest BCUT2D eigenvalue weighted by Crippen LogP contribution is 2.39. The molecule has 0 unspecified atom stereocenters. The van der Waals surface area contributed by atoms with Gasteiger partial charge in [0.05, 0.1) is 33.6 Å². The Kier molecular flexibility index (Phi) is 6.64. The molecular weight excluding hydrogens is 350 g/mol. The summed E-state index contributed by atoms with van der Waals surface area (Å²) in [7, 11) is 8.34. The second-order valence-electron chi connectivity index (χ2n) is 5.90. The van der Waals surface area contributed by atoms with Gasteiger partial charge in [-0.05, 0) is 6.92 Å². The smallest absolute Gasteiger partial charge is 0.319 e. The van der Waals surface area contributed by atoms with Crippen LogP contribution < -0.4 is 29.7 Å². The number of urea groups is 1. The van der Waals surface area contributed by atoms with Gasteiger partial charge < -0.3 is 29.7 Å². The summed E-state index contributed by atoms with van der Waals surface area (Å²) in [6.45, 7) is 2.08. The summed E-state index contributed by atoms with van der Waals surface area (Å²) in [5, 5.41) is 5.47. The molecule has 0 fully saturated rings. The number of rotatable bonds is 7. The Hall–Kier alpha value is -3.23. The number of nitrogens with one attached hydrogen (secondary N) is 2. The lowest BCUT2D eigenvalue weighted by Crippen LogP contribution is -2.29. The van der Waals surface area contributed by atoms with E-state index >= 15 is 0 Å². The van der Waals surface area contributed by atoms with Crippen LogP contribution in [0.3, 0.4) is 0 Å². The van der Waals surface area contributed by atoms with Crippen LogP contribution >= 0.6 is 0 Å². The average Bonchev–Trinajstić information content (AvgIpc) is 2.65.